The average molecular weight is 257 g/mol. The third-order valence-electron chi connectivity index (χ3n) is 3.11. The van der Waals surface area contributed by atoms with Crippen molar-refractivity contribution in [2.45, 2.75) is 6.42 Å². The Morgan fingerprint density at radius 3 is 2.37 bits per heavy atom. The van der Waals surface area contributed by atoms with Gasteiger partial charge in [-0.05, 0) is 35.7 Å². The quantitative estimate of drug-likeness (QED) is 0.733. The fraction of sp³-hybridized carbons (Fsp3) is 0.200. The standard InChI is InChI=1S/C15H19N3O/c1-19-7-6-12-13(8-10(16)9-15(12)18)11-4-2-3-5-14(11)17/h2-5,8-9H,6-7,16-18H2,1H3. The Morgan fingerprint density at radius 1 is 0.947 bits per heavy atom. The van der Waals surface area contributed by atoms with Crippen molar-refractivity contribution < 1.29 is 4.74 Å². The van der Waals surface area contributed by atoms with Crippen molar-refractivity contribution in [3.63, 3.8) is 0 Å². The van der Waals surface area contributed by atoms with Gasteiger partial charge in [0.05, 0.1) is 6.61 Å². The molecule has 2 rings (SSSR count). The minimum Gasteiger partial charge on any atom is -0.399 e. The van der Waals surface area contributed by atoms with E-state index in [2.05, 4.69) is 0 Å². The van der Waals surface area contributed by atoms with E-state index in [0.29, 0.717) is 23.7 Å². The number of ether oxygens (including phenoxy) is 1. The van der Waals surface area contributed by atoms with Gasteiger partial charge in [0.2, 0.25) is 0 Å². The Bertz CT molecular complexity index is 582. The number of hydrogen-bond acceptors (Lipinski definition) is 4. The number of anilines is 3. The van der Waals surface area contributed by atoms with E-state index in [4.69, 9.17) is 21.9 Å². The predicted octanol–water partition coefficient (Wildman–Crippen LogP) is 2.29. The van der Waals surface area contributed by atoms with Gasteiger partial charge in [0.25, 0.3) is 0 Å². The second-order valence-electron chi connectivity index (χ2n) is 4.47. The summed E-state index contributed by atoms with van der Waals surface area (Å²) in [6.07, 6.45) is 0.728. The number of rotatable bonds is 4. The van der Waals surface area contributed by atoms with Gasteiger partial charge in [-0.3, -0.25) is 0 Å². The lowest BCUT2D eigenvalue weighted by atomic mass is 9.94. The van der Waals surface area contributed by atoms with Gasteiger partial charge in [-0.1, -0.05) is 18.2 Å². The van der Waals surface area contributed by atoms with Crippen LogP contribution in [0, 0.1) is 0 Å². The van der Waals surface area contributed by atoms with Gasteiger partial charge in [-0.15, -0.1) is 0 Å². The molecule has 0 aliphatic heterocycles. The van der Waals surface area contributed by atoms with Crippen molar-refractivity contribution in [2.24, 2.45) is 0 Å². The number of nitrogen functional groups attached to an aromatic ring is 3. The smallest absolute Gasteiger partial charge is 0.0503 e. The first kappa shape index (κ1) is 13.2. The van der Waals surface area contributed by atoms with Crippen LogP contribution in [0.15, 0.2) is 36.4 Å². The van der Waals surface area contributed by atoms with Crippen LogP contribution in [0.25, 0.3) is 11.1 Å². The minimum atomic E-state index is 0.605. The van der Waals surface area contributed by atoms with Crippen LogP contribution in [0.5, 0.6) is 0 Å². The van der Waals surface area contributed by atoms with Gasteiger partial charge in [0, 0.05) is 29.7 Å². The van der Waals surface area contributed by atoms with E-state index in [1.54, 1.807) is 13.2 Å². The Balaban J connectivity index is 2.57. The Morgan fingerprint density at radius 2 is 1.68 bits per heavy atom. The topological polar surface area (TPSA) is 87.3 Å². The number of methoxy groups -OCH3 is 1. The van der Waals surface area contributed by atoms with Gasteiger partial charge in [-0.25, -0.2) is 0 Å². The molecule has 19 heavy (non-hydrogen) atoms. The first-order chi connectivity index (χ1) is 9.13. The van der Waals surface area contributed by atoms with Crippen LogP contribution in [0.2, 0.25) is 0 Å². The summed E-state index contributed by atoms with van der Waals surface area (Å²) in [5.41, 5.74) is 23.0. The highest BCUT2D eigenvalue weighted by Crippen LogP contribution is 2.34. The molecule has 0 aliphatic rings. The lowest BCUT2D eigenvalue weighted by Gasteiger charge is -2.15. The van der Waals surface area contributed by atoms with E-state index in [0.717, 1.165) is 23.1 Å². The average Bonchev–Trinajstić information content (AvgIpc) is 2.37. The maximum atomic E-state index is 6.07. The summed E-state index contributed by atoms with van der Waals surface area (Å²) in [5, 5.41) is 0. The van der Waals surface area contributed by atoms with Crippen LogP contribution in [0.4, 0.5) is 17.1 Å². The molecule has 0 radical (unpaired) electrons. The summed E-state index contributed by atoms with van der Waals surface area (Å²) in [5.74, 6) is 0. The Kier molecular flexibility index (Phi) is 3.92. The van der Waals surface area contributed by atoms with Crippen molar-refractivity contribution in [3.05, 3.63) is 42.0 Å². The predicted molar refractivity (Wildman–Crippen MR) is 80.7 cm³/mol. The molecule has 0 atom stereocenters. The second kappa shape index (κ2) is 5.63. The van der Waals surface area contributed by atoms with E-state index in [1.807, 2.05) is 30.3 Å². The molecule has 6 N–H and O–H groups in total. The molecule has 0 bridgehead atoms. The van der Waals surface area contributed by atoms with Crippen molar-refractivity contribution in [2.75, 3.05) is 30.9 Å². The number of hydrogen-bond donors (Lipinski definition) is 3. The first-order valence-electron chi connectivity index (χ1n) is 6.15. The zero-order valence-corrected chi connectivity index (χ0v) is 11.0. The van der Waals surface area contributed by atoms with E-state index >= 15 is 0 Å². The number of para-hydroxylation sites is 1. The Labute approximate surface area is 113 Å². The molecule has 0 saturated carbocycles. The van der Waals surface area contributed by atoms with Crippen molar-refractivity contribution in [1.29, 1.82) is 0 Å². The fourth-order valence-corrected chi connectivity index (χ4v) is 2.18. The molecule has 0 amide bonds. The van der Waals surface area contributed by atoms with Crippen LogP contribution in [0.3, 0.4) is 0 Å². The Hall–Kier alpha value is -2.20. The maximum Gasteiger partial charge on any atom is 0.0503 e. The van der Waals surface area contributed by atoms with Crippen LogP contribution in [0.1, 0.15) is 5.56 Å². The van der Waals surface area contributed by atoms with E-state index in [-0.39, 0.29) is 0 Å². The van der Waals surface area contributed by atoms with Crippen LogP contribution >= 0.6 is 0 Å². The van der Waals surface area contributed by atoms with Gasteiger partial charge in [0.1, 0.15) is 0 Å². The molecule has 4 heteroatoms. The molecule has 0 aromatic heterocycles. The largest absolute Gasteiger partial charge is 0.399 e. The molecule has 100 valence electrons. The second-order valence-corrected chi connectivity index (χ2v) is 4.47. The molecule has 0 fully saturated rings. The highest BCUT2D eigenvalue weighted by atomic mass is 16.5. The molecular weight excluding hydrogens is 238 g/mol. The number of benzene rings is 2. The van der Waals surface area contributed by atoms with Crippen LogP contribution < -0.4 is 17.2 Å². The molecule has 0 saturated heterocycles. The van der Waals surface area contributed by atoms with Crippen molar-refractivity contribution in [3.8, 4) is 11.1 Å². The summed E-state index contributed by atoms with van der Waals surface area (Å²) in [4.78, 5) is 0. The zero-order valence-electron chi connectivity index (χ0n) is 11.0. The van der Waals surface area contributed by atoms with Crippen LogP contribution in [-0.4, -0.2) is 13.7 Å². The maximum absolute atomic E-state index is 6.07. The third-order valence-corrected chi connectivity index (χ3v) is 3.11. The monoisotopic (exact) mass is 257 g/mol. The van der Waals surface area contributed by atoms with Gasteiger partial charge >= 0.3 is 0 Å². The molecule has 0 aliphatic carbocycles. The summed E-state index contributed by atoms with van der Waals surface area (Å²) >= 11 is 0. The lowest BCUT2D eigenvalue weighted by molar-refractivity contribution is 0.202. The molecule has 0 spiro atoms. The SMILES string of the molecule is COCCc1c(N)cc(N)cc1-c1ccccc1N. The first-order valence-corrected chi connectivity index (χ1v) is 6.15. The van der Waals surface area contributed by atoms with Gasteiger partial charge < -0.3 is 21.9 Å². The zero-order chi connectivity index (χ0) is 13.8. The summed E-state index contributed by atoms with van der Waals surface area (Å²) in [7, 11) is 1.67. The fourth-order valence-electron chi connectivity index (χ4n) is 2.18. The van der Waals surface area contributed by atoms with Gasteiger partial charge in [0.15, 0.2) is 0 Å². The molecule has 2 aromatic carbocycles. The lowest BCUT2D eigenvalue weighted by Crippen LogP contribution is -2.04. The highest BCUT2D eigenvalue weighted by Gasteiger charge is 2.12. The van der Waals surface area contributed by atoms with Crippen molar-refractivity contribution >= 4 is 17.1 Å². The molecule has 4 nitrogen and oxygen atoms in total. The summed E-state index contributed by atoms with van der Waals surface area (Å²) in [6.45, 7) is 0.605. The molecule has 0 unspecified atom stereocenters. The minimum absolute atomic E-state index is 0.605. The molecular formula is C15H19N3O. The van der Waals surface area contributed by atoms with E-state index in [1.165, 1.54) is 0 Å². The van der Waals surface area contributed by atoms with E-state index in [9.17, 15) is 0 Å². The van der Waals surface area contributed by atoms with Gasteiger partial charge in [-0.2, -0.15) is 0 Å². The van der Waals surface area contributed by atoms with E-state index < -0.39 is 0 Å². The summed E-state index contributed by atoms with van der Waals surface area (Å²) in [6, 6.07) is 11.4. The third kappa shape index (κ3) is 2.80. The summed E-state index contributed by atoms with van der Waals surface area (Å²) < 4.78 is 5.13. The normalized spacial score (nSPS) is 10.6. The van der Waals surface area contributed by atoms with Crippen LogP contribution in [-0.2, 0) is 11.2 Å². The number of nitrogens with two attached hydrogens (primary N) is 3. The van der Waals surface area contributed by atoms with Crippen molar-refractivity contribution in [1.82, 2.24) is 0 Å². The molecule has 2 aromatic rings. The molecule has 0 heterocycles. The highest BCUT2D eigenvalue weighted by molar-refractivity contribution is 5.84.